The minimum absolute atomic E-state index is 0.0328. The summed E-state index contributed by atoms with van der Waals surface area (Å²) in [4.78, 5) is 11.6. The van der Waals surface area contributed by atoms with Crippen LogP contribution in [0.15, 0.2) is 40.3 Å². The van der Waals surface area contributed by atoms with Crippen LogP contribution in [-0.2, 0) is 5.60 Å². The molecule has 0 saturated carbocycles. The number of aromatic amines is 1. The Bertz CT molecular complexity index is 617. The first-order valence-electron chi connectivity index (χ1n) is 6.49. The SMILES string of the molecule is CC(C)n1c(SCC(C)(O)c2ccccc2)n[nH]c1=O. The summed E-state index contributed by atoms with van der Waals surface area (Å²) in [5.74, 6) is 0.425. The van der Waals surface area contributed by atoms with Gasteiger partial charge in [-0.25, -0.2) is 9.89 Å². The Morgan fingerprint density at radius 3 is 2.65 bits per heavy atom. The lowest BCUT2D eigenvalue weighted by atomic mass is 9.99. The zero-order valence-corrected chi connectivity index (χ0v) is 12.6. The molecule has 0 fully saturated rings. The molecule has 2 N–H and O–H groups in total. The Morgan fingerprint density at radius 1 is 1.40 bits per heavy atom. The topological polar surface area (TPSA) is 70.9 Å². The molecule has 1 unspecified atom stereocenters. The minimum Gasteiger partial charge on any atom is -0.385 e. The van der Waals surface area contributed by atoms with Gasteiger partial charge in [0.1, 0.15) is 0 Å². The van der Waals surface area contributed by atoms with E-state index in [2.05, 4.69) is 10.2 Å². The highest BCUT2D eigenvalue weighted by Gasteiger charge is 2.24. The lowest BCUT2D eigenvalue weighted by Crippen LogP contribution is -2.25. The third-order valence-electron chi connectivity index (χ3n) is 3.07. The van der Waals surface area contributed by atoms with Gasteiger partial charge in [-0.1, -0.05) is 42.1 Å². The Labute approximate surface area is 122 Å². The highest BCUT2D eigenvalue weighted by molar-refractivity contribution is 7.99. The van der Waals surface area contributed by atoms with Crippen molar-refractivity contribution < 1.29 is 5.11 Å². The largest absolute Gasteiger partial charge is 0.385 e. The molecule has 0 aliphatic carbocycles. The Balaban J connectivity index is 2.15. The van der Waals surface area contributed by atoms with Gasteiger partial charge in [0.25, 0.3) is 0 Å². The summed E-state index contributed by atoms with van der Waals surface area (Å²) in [5.41, 5.74) is -0.341. The molecular formula is C14H19N3O2S. The van der Waals surface area contributed by atoms with E-state index in [1.165, 1.54) is 11.8 Å². The van der Waals surface area contributed by atoms with Gasteiger partial charge in [-0.2, -0.15) is 0 Å². The Morgan fingerprint density at radius 2 is 2.05 bits per heavy atom. The molecule has 2 aromatic rings. The Kier molecular flexibility index (Phi) is 4.35. The standard InChI is InChI=1S/C14H19N3O2S/c1-10(2)17-12(18)15-16-13(17)20-9-14(3,19)11-7-5-4-6-8-11/h4-8,10,19H,9H2,1-3H3,(H,15,18). The van der Waals surface area contributed by atoms with E-state index in [1.807, 2.05) is 44.2 Å². The fourth-order valence-electron chi connectivity index (χ4n) is 1.93. The van der Waals surface area contributed by atoms with Crippen LogP contribution in [0.3, 0.4) is 0 Å². The van der Waals surface area contributed by atoms with Crippen molar-refractivity contribution in [3.63, 3.8) is 0 Å². The second kappa shape index (κ2) is 5.85. The fourth-order valence-corrected chi connectivity index (χ4v) is 3.05. The van der Waals surface area contributed by atoms with E-state index in [0.717, 1.165) is 5.56 Å². The van der Waals surface area contributed by atoms with Gasteiger partial charge >= 0.3 is 5.69 Å². The third-order valence-corrected chi connectivity index (χ3v) is 4.32. The monoisotopic (exact) mass is 293 g/mol. The van der Waals surface area contributed by atoms with Crippen LogP contribution in [0.25, 0.3) is 0 Å². The number of nitrogens with one attached hydrogen (secondary N) is 1. The number of H-pyrrole nitrogens is 1. The van der Waals surface area contributed by atoms with E-state index in [9.17, 15) is 9.90 Å². The molecule has 1 aromatic heterocycles. The molecule has 108 valence electrons. The van der Waals surface area contributed by atoms with Gasteiger partial charge in [-0.15, -0.1) is 5.10 Å². The molecule has 0 radical (unpaired) electrons. The quantitative estimate of drug-likeness (QED) is 0.829. The molecule has 2 rings (SSSR count). The summed E-state index contributed by atoms with van der Waals surface area (Å²) in [6.07, 6.45) is 0. The van der Waals surface area contributed by atoms with Gasteiger partial charge in [-0.05, 0) is 26.3 Å². The molecule has 1 aromatic carbocycles. The zero-order valence-electron chi connectivity index (χ0n) is 11.8. The minimum atomic E-state index is -0.970. The smallest absolute Gasteiger partial charge is 0.344 e. The molecule has 20 heavy (non-hydrogen) atoms. The maximum absolute atomic E-state index is 11.6. The van der Waals surface area contributed by atoms with E-state index in [4.69, 9.17) is 0 Å². The van der Waals surface area contributed by atoms with Crippen molar-refractivity contribution in [2.45, 2.75) is 37.6 Å². The van der Waals surface area contributed by atoms with Gasteiger partial charge in [0, 0.05) is 11.8 Å². The van der Waals surface area contributed by atoms with Gasteiger partial charge in [0.2, 0.25) is 0 Å². The molecule has 6 heteroatoms. The van der Waals surface area contributed by atoms with E-state index >= 15 is 0 Å². The lowest BCUT2D eigenvalue weighted by molar-refractivity contribution is 0.0838. The molecule has 5 nitrogen and oxygen atoms in total. The van der Waals surface area contributed by atoms with Crippen LogP contribution in [0.2, 0.25) is 0 Å². The van der Waals surface area contributed by atoms with E-state index in [-0.39, 0.29) is 11.7 Å². The van der Waals surface area contributed by atoms with E-state index in [1.54, 1.807) is 11.5 Å². The van der Waals surface area contributed by atoms with E-state index < -0.39 is 5.60 Å². The van der Waals surface area contributed by atoms with Crippen molar-refractivity contribution in [3.8, 4) is 0 Å². The normalized spacial score (nSPS) is 14.4. The van der Waals surface area contributed by atoms with Crippen LogP contribution in [0.4, 0.5) is 0 Å². The van der Waals surface area contributed by atoms with Crippen LogP contribution < -0.4 is 5.69 Å². The number of rotatable bonds is 5. The first-order valence-corrected chi connectivity index (χ1v) is 7.48. The number of hydrogen-bond acceptors (Lipinski definition) is 4. The lowest BCUT2D eigenvalue weighted by Gasteiger charge is -2.23. The predicted octanol–water partition coefficient (Wildman–Crippen LogP) is 2.15. The maximum atomic E-state index is 11.6. The van der Waals surface area contributed by atoms with Crippen LogP contribution >= 0.6 is 11.8 Å². The number of thioether (sulfide) groups is 1. The van der Waals surface area contributed by atoms with E-state index in [0.29, 0.717) is 10.9 Å². The summed E-state index contributed by atoms with van der Waals surface area (Å²) in [6, 6.07) is 9.52. The molecule has 0 spiro atoms. The summed E-state index contributed by atoms with van der Waals surface area (Å²) in [7, 11) is 0. The number of hydrogen-bond donors (Lipinski definition) is 2. The molecule has 0 aliphatic heterocycles. The molecule has 0 bridgehead atoms. The molecular weight excluding hydrogens is 274 g/mol. The number of nitrogens with zero attached hydrogens (tertiary/aromatic N) is 2. The zero-order chi connectivity index (χ0) is 14.8. The fraction of sp³-hybridized carbons (Fsp3) is 0.429. The first-order chi connectivity index (χ1) is 9.42. The second-order valence-corrected chi connectivity index (χ2v) is 6.15. The molecule has 1 heterocycles. The molecule has 0 saturated heterocycles. The highest BCUT2D eigenvalue weighted by atomic mass is 32.2. The van der Waals surface area contributed by atoms with Crippen molar-refractivity contribution in [3.05, 3.63) is 46.4 Å². The van der Waals surface area contributed by atoms with Crippen LogP contribution in [0, 0.1) is 0 Å². The number of aromatic nitrogens is 3. The van der Waals surface area contributed by atoms with Crippen molar-refractivity contribution in [1.82, 2.24) is 14.8 Å². The Hall–Kier alpha value is -1.53. The number of aliphatic hydroxyl groups is 1. The van der Waals surface area contributed by atoms with Crippen molar-refractivity contribution in [2.75, 3.05) is 5.75 Å². The first kappa shape index (κ1) is 14.9. The predicted molar refractivity (Wildman–Crippen MR) is 80.0 cm³/mol. The highest BCUT2D eigenvalue weighted by Crippen LogP contribution is 2.28. The van der Waals surface area contributed by atoms with Gasteiger partial charge < -0.3 is 5.11 Å². The van der Waals surface area contributed by atoms with Crippen LogP contribution in [0.1, 0.15) is 32.4 Å². The van der Waals surface area contributed by atoms with Crippen molar-refractivity contribution in [2.24, 2.45) is 0 Å². The van der Waals surface area contributed by atoms with Crippen molar-refractivity contribution >= 4 is 11.8 Å². The van der Waals surface area contributed by atoms with Crippen LogP contribution in [0.5, 0.6) is 0 Å². The molecule has 0 aliphatic rings. The second-order valence-electron chi connectivity index (χ2n) is 5.20. The van der Waals surface area contributed by atoms with Gasteiger partial charge in [0.05, 0.1) is 5.60 Å². The summed E-state index contributed by atoms with van der Waals surface area (Å²) in [5, 5.41) is 17.6. The maximum Gasteiger partial charge on any atom is 0.344 e. The van der Waals surface area contributed by atoms with Crippen molar-refractivity contribution in [1.29, 1.82) is 0 Å². The average Bonchev–Trinajstić information content (AvgIpc) is 2.79. The van der Waals surface area contributed by atoms with Gasteiger partial charge in [-0.3, -0.25) is 4.57 Å². The summed E-state index contributed by atoms with van der Waals surface area (Å²) < 4.78 is 1.59. The summed E-state index contributed by atoms with van der Waals surface area (Å²) >= 11 is 1.37. The summed E-state index contributed by atoms with van der Waals surface area (Å²) in [6.45, 7) is 5.62. The third kappa shape index (κ3) is 3.13. The van der Waals surface area contributed by atoms with Gasteiger partial charge in [0.15, 0.2) is 5.16 Å². The molecule has 1 atom stereocenters. The molecule has 0 amide bonds. The average molecular weight is 293 g/mol. The van der Waals surface area contributed by atoms with Crippen LogP contribution in [-0.4, -0.2) is 25.6 Å². The number of benzene rings is 1.